The van der Waals surface area contributed by atoms with Gasteiger partial charge in [-0.05, 0) is 36.8 Å². The summed E-state index contributed by atoms with van der Waals surface area (Å²) in [5.41, 5.74) is 1.04. The van der Waals surface area contributed by atoms with Gasteiger partial charge in [-0.25, -0.2) is 0 Å². The minimum Gasteiger partial charge on any atom is -0.481 e. The van der Waals surface area contributed by atoms with Crippen molar-refractivity contribution in [3.05, 3.63) is 65.2 Å². The van der Waals surface area contributed by atoms with E-state index in [9.17, 15) is 4.79 Å². The van der Waals surface area contributed by atoms with E-state index in [1.165, 1.54) is 0 Å². The predicted molar refractivity (Wildman–Crippen MR) is 95.3 cm³/mol. The molecule has 4 nitrogen and oxygen atoms in total. The minimum absolute atomic E-state index is 0.00896. The first kappa shape index (κ1) is 16.8. The van der Waals surface area contributed by atoms with Crippen molar-refractivity contribution in [2.24, 2.45) is 0 Å². The number of nitrogens with one attached hydrogen (secondary N) is 1. The number of benzene rings is 2. The number of hydrogen-bond acceptors (Lipinski definition) is 3. The van der Waals surface area contributed by atoms with E-state index in [2.05, 4.69) is 5.32 Å². The van der Waals surface area contributed by atoms with Crippen LogP contribution >= 0.6 is 11.6 Å². The Kier molecular flexibility index (Phi) is 5.38. The molecule has 1 aliphatic heterocycles. The lowest BCUT2D eigenvalue weighted by Gasteiger charge is -2.38. The third kappa shape index (κ3) is 3.89. The number of para-hydroxylation sites is 1. The first-order valence-corrected chi connectivity index (χ1v) is 8.51. The Bertz CT molecular complexity index is 693. The molecule has 3 rings (SSSR count). The average Bonchev–Trinajstić information content (AvgIpc) is 2.62. The third-order valence-electron chi connectivity index (χ3n) is 4.16. The molecule has 1 N–H and O–H groups in total. The van der Waals surface area contributed by atoms with E-state index in [1.54, 1.807) is 6.92 Å². The van der Waals surface area contributed by atoms with Gasteiger partial charge in [0.25, 0.3) is 5.91 Å². The fraction of sp³-hybridized carbons (Fsp3) is 0.316. The van der Waals surface area contributed by atoms with Crippen LogP contribution in [0, 0.1) is 0 Å². The molecule has 0 saturated carbocycles. The van der Waals surface area contributed by atoms with Crippen molar-refractivity contribution in [2.75, 3.05) is 19.6 Å². The van der Waals surface area contributed by atoms with Crippen molar-refractivity contribution in [2.45, 2.75) is 19.1 Å². The van der Waals surface area contributed by atoms with E-state index in [0.29, 0.717) is 23.9 Å². The number of rotatable bonds is 4. The van der Waals surface area contributed by atoms with Crippen molar-refractivity contribution in [3.63, 3.8) is 0 Å². The van der Waals surface area contributed by atoms with Crippen LogP contribution in [0.4, 0.5) is 0 Å². The van der Waals surface area contributed by atoms with Gasteiger partial charge in [-0.2, -0.15) is 0 Å². The highest BCUT2D eigenvalue weighted by atomic mass is 35.5. The van der Waals surface area contributed by atoms with Crippen molar-refractivity contribution >= 4 is 17.5 Å². The summed E-state index contributed by atoms with van der Waals surface area (Å²) in [6.45, 7) is 3.94. The number of amides is 1. The van der Waals surface area contributed by atoms with Crippen molar-refractivity contribution < 1.29 is 9.53 Å². The number of ether oxygens (including phenoxy) is 1. The highest BCUT2D eigenvalue weighted by Crippen LogP contribution is 2.26. The standard InChI is InChI=1S/C19H21ClN2O2/c1-14(24-17-8-3-2-4-9-17)19(23)22-11-10-21-13-18(22)15-6-5-7-16(20)12-15/h2-9,12,14,18,21H,10-11,13H2,1H3. The molecule has 2 atom stereocenters. The Balaban J connectivity index is 1.76. The molecular formula is C19H21ClN2O2. The molecule has 1 heterocycles. The monoisotopic (exact) mass is 344 g/mol. The molecule has 2 aromatic rings. The highest BCUT2D eigenvalue weighted by Gasteiger charge is 2.31. The minimum atomic E-state index is -0.535. The SMILES string of the molecule is CC(Oc1ccccc1)C(=O)N1CCNCC1c1cccc(Cl)c1. The second kappa shape index (κ2) is 7.69. The second-order valence-corrected chi connectivity index (χ2v) is 6.32. The summed E-state index contributed by atoms with van der Waals surface area (Å²) in [6, 6.07) is 17.1. The summed E-state index contributed by atoms with van der Waals surface area (Å²) >= 11 is 6.11. The molecule has 2 aromatic carbocycles. The van der Waals surface area contributed by atoms with Gasteiger partial charge in [-0.1, -0.05) is 41.9 Å². The first-order chi connectivity index (χ1) is 11.6. The van der Waals surface area contributed by atoms with Gasteiger partial charge in [0.2, 0.25) is 0 Å². The first-order valence-electron chi connectivity index (χ1n) is 8.13. The second-order valence-electron chi connectivity index (χ2n) is 5.88. The van der Waals surface area contributed by atoms with Gasteiger partial charge in [-0.15, -0.1) is 0 Å². The Morgan fingerprint density at radius 2 is 2.04 bits per heavy atom. The van der Waals surface area contributed by atoms with E-state index in [4.69, 9.17) is 16.3 Å². The smallest absolute Gasteiger partial charge is 0.263 e. The van der Waals surface area contributed by atoms with E-state index < -0.39 is 6.10 Å². The Labute approximate surface area is 147 Å². The van der Waals surface area contributed by atoms with Crippen LogP contribution in [0.25, 0.3) is 0 Å². The van der Waals surface area contributed by atoms with E-state index in [0.717, 1.165) is 12.1 Å². The lowest BCUT2D eigenvalue weighted by Crippen LogP contribution is -2.52. The molecule has 2 unspecified atom stereocenters. The average molecular weight is 345 g/mol. The number of carbonyl (C=O) groups excluding carboxylic acids is 1. The van der Waals surface area contributed by atoms with Crippen LogP contribution in [-0.4, -0.2) is 36.5 Å². The van der Waals surface area contributed by atoms with Gasteiger partial charge in [-0.3, -0.25) is 4.79 Å². The summed E-state index contributed by atoms with van der Waals surface area (Å²) in [5, 5.41) is 4.03. The van der Waals surface area contributed by atoms with Crippen LogP contribution in [0.5, 0.6) is 5.75 Å². The molecule has 1 aliphatic rings. The van der Waals surface area contributed by atoms with Crippen molar-refractivity contribution in [1.82, 2.24) is 10.2 Å². The van der Waals surface area contributed by atoms with Gasteiger partial charge >= 0.3 is 0 Å². The van der Waals surface area contributed by atoms with Crippen molar-refractivity contribution in [3.8, 4) is 5.75 Å². The van der Waals surface area contributed by atoms with Gasteiger partial charge in [0.05, 0.1) is 6.04 Å². The van der Waals surface area contributed by atoms with Crippen molar-refractivity contribution in [1.29, 1.82) is 0 Å². The summed E-state index contributed by atoms with van der Waals surface area (Å²) in [6.07, 6.45) is -0.535. The van der Waals surface area contributed by atoms with Gasteiger partial charge in [0.15, 0.2) is 6.10 Å². The molecule has 1 fully saturated rings. The third-order valence-corrected chi connectivity index (χ3v) is 4.40. The molecule has 24 heavy (non-hydrogen) atoms. The topological polar surface area (TPSA) is 41.6 Å². The fourth-order valence-corrected chi connectivity index (χ4v) is 3.17. The molecule has 0 spiro atoms. The maximum atomic E-state index is 12.9. The zero-order valence-corrected chi connectivity index (χ0v) is 14.4. The largest absolute Gasteiger partial charge is 0.481 e. The number of piperazine rings is 1. The molecule has 1 amide bonds. The van der Waals surface area contributed by atoms with Crippen LogP contribution in [0.15, 0.2) is 54.6 Å². The zero-order valence-electron chi connectivity index (χ0n) is 13.6. The molecular weight excluding hydrogens is 324 g/mol. The molecule has 126 valence electrons. The summed E-state index contributed by atoms with van der Waals surface area (Å²) < 4.78 is 5.80. The fourth-order valence-electron chi connectivity index (χ4n) is 2.97. The maximum absolute atomic E-state index is 12.9. The van der Waals surface area contributed by atoms with Crippen LogP contribution in [0.3, 0.4) is 0 Å². The normalized spacial score (nSPS) is 18.9. The number of carbonyl (C=O) groups is 1. The zero-order chi connectivity index (χ0) is 16.9. The maximum Gasteiger partial charge on any atom is 0.263 e. The van der Waals surface area contributed by atoms with E-state index >= 15 is 0 Å². The number of hydrogen-bond donors (Lipinski definition) is 1. The van der Waals surface area contributed by atoms with Gasteiger partial charge in [0.1, 0.15) is 5.75 Å². The molecule has 0 aliphatic carbocycles. The lowest BCUT2D eigenvalue weighted by molar-refractivity contribution is -0.141. The number of halogens is 1. The van der Waals surface area contributed by atoms with Crippen LogP contribution in [0.1, 0.15) is 18.5 Å². The molecule has 0 radical (unpaired) electrons. The van der Waals surface area contributed by atoms with Crippen LogP contribution in [-0.2, 0) is 4.79 Å². The molecule has 1 saturated heterocycles. The lowest BCUT2D eigenvalue weighted by atomic mass is 10.0. The Morgan fingerprint density at radius 3 is 2.79 bits per heavy atom. The summed E-state index contributed by atoms with van der Waals surface area (Å²) in [5.74, 6) is 0.693. The van der Waals surface area contributed by atoms with E-state index in [1.807, 2.05) is 59.5 Å². The van der Waals surface area contributed by atoms with Crippen LogP contribution in [0.2, 0.25) is 5.02 Å². The highest BCUT2D eigenvalue weighted by molar-refractivity contribution is 6.30. The molecule has 0 bridgehead atoms. The van der Waals surface area contributed by atoms with Gasteiger partial charge in [0, 0.05) is 24.7 Å². The summed E-state index contributed by atoms with van der Waals surface area (Å²) in [4.78, 5) is 14.8. The Morgan fingerprint density at radius 1 is 1.25 bits per heavy atom. The number of nitrogens with zero attached hydrogens (tertiary/aromatic N) is 1. The summed E-state index contributed by atoms with van der Waals surface area (Å²) in [7, 11) is 0. The molecule has 0 aromatic heterocycles. The van der Waals surface area contributed by atoms with E-state index in [-0.39, 0.29) is 11.9 Å². The Hall–Kier alpha value is -2.04. The quantitative estimate of drug-likeness (QED) is 0.925. The van der Waals surface area contributed by atoms with Crippen LogP contribution < -0.4 is 10.1 Å². The molecule has 5 heteroatoms. The van der Waals surface area contributed by atoms with Gasteiger partial charge < -0.3 is 15.0 Å². The predicted octanol–water partition coefficient (Wildman–Crippen LogP) is 3.28.